The fourth-order valence-corrected chi connectivity index (χ4v) is 2.27. The summed E-state index contributed by atoms with van der Waals surface area (Å²) in [5, 5.41) is 4.74. The van der Waals surface area contributed by atoms with Gasteiger partial charge in [0.25, 0.3) is 0 Å². The quantitative estimate of drug-likeness (QED) is 0.790. The maximum Gasteiger partial charge on any atom is 0.220 e. The Morgan fingerprint density at radius 3 is 2.90 bits per heavy atom. The molecule has 2 aromatic heterocycles. The van der Waals surface area contributed by atoms with Crippen molar-refractivity contribution in [1.82, 2.24) is 15.3 Å². The van der Waals surface area contributed by atoms with E-state index in [0.717, 1.165) is 5.69 Å². The van der Waals surface area contributed by atoms with E-state index in [2.05, 4.69) is 15.3 Å². The maximum absolute atomic E-state index is 11.8. The molecule has 2 rings (SSSR count). The number of nitrogens with one attached hydrogen (secondary N) is 1. The Morgan fingerprint density at radius 2 is 2.20 bits per heavy atom. The molecule has 0 unspecified atom stereocenters. The average Bonchev–Trinajstić information content (AvgIpc) is 2.99. The zero-order valence-corrected chi connectivity index (χ0v) is 11.7. The van der Waals surface area contributed by atoms with Crippen LogP contribution in [0.5, 0.6) is 0 Å². The second-order valence-corrected chi connectivity index (χ2v) is 4.96. The van der Waals surface area contributed by atoms with Crippen molar-refractivity contribution in [2.24, 2.45) is 0 Å². The molecule has 1 amide bonds. The Labute approximate surface area is 121 Å². The van der Waals surface area contributed by atoms with Crippen LogP contribution >= 0.6 is 11.3 Å². The highest BCUT2D eigenvalue weighted by atomic mass is 32.1. The number of aromatic nitrogens is 2. The fourth-order valence-electron chi connectivity index (χ4n) is 1.68. The fraction of sp³-hybridized carbons (Fsp3) is 0.286. The number of nitrogens with zero attached hydrogens (tertiary/aromatic N) is 2. The van der Waals surface area contributed by atoms with E-state index in [4.69, 9.17) is 0 Å². The summed E-state index contributed by atoms with van der Waals surface area (Å²) in [6.45, 7) is 0.545. The summed E-state index contributed by atoms with van der Waals surface area (Å²) in [6, 6.07) is 3.41. The summed E-state index contributed by atoms with van der Waals surface area (Å²) in [7, 11) is 0. The Kier molecular flexibility index (Phi) is 5.37. The Balaban J connectivity index is 1.66. The Hall–Kier alpha value is -2.08. The molecule has 0 saturated carbocycles. The number of pyridine rings is 1. The van der Waals surface area contributed by atoms with Gasteiger partial charge >= 0.3 is 0 Å². The third kappa shape index (κ3) is 4.55. The SMILES string of the molecule is O=C(CCC(=O)c1cccnc1)NCCc1cscn1. The molecule has 0 aliphatic heterocycles. The number of hydrogen-bond donors (Lipinski definition) is 1. The van der Waals surface area contributed by atoms with Crippen LogP contribution in [0.25, 0.3) is 0 Å². The number of ketones is 1. The van der Waals surface area contributed by atoms with Crippen LogP contribution in [-0.4, -0.2) is 28.2 Å². The van der Waals surface area contributed by atoms with Gasteiger partial charge in [0.05, 0.1) is 11.2 Å². The van der Waals surface area contributed by atoms with E-state index in [1.807, 2.05) is 5.38 Å². The predicted molar refractivity (Wildman–Crippen MR) is 76.6 cm³/mol. The second-order valence-electron chi connectivity index (χ2n) is 4.24. The van der Waals surface area contributed by atoms with Gasteiger partial charge in [0.1, 0.15) is 0 Å². The molecule has 0 bridgehead atoms. The summed E-state index contributed by atoms with van der Waals surface area (Å²) < 4.78 is 0. The summed E-state index contributed by atoms with van der Waals surface area (Å²) in [4.78, 5) is 31.4. The molecule has 0 spiro atoms. The van der Waals surface area contributed by atoms with Crippen LogP contribution < -0.4 is 5.32 Å². The lowest BCUT2D eigenvalue weighted by molar-refractivity contribution is -0.121. The smallest absolute Gasteiger partial charge is 0.220 e. The lowest BCUT2D eigenvalue weighted by Gasteiger charge is -2.03. The van der Waals surface area contributed by atoms with E-state index >= 15 is 0 Å². The van der Waals surface area contributed by atoms with E-state index in [0.29, 0.717) is 18.5 Å². The Bertz CT molecular complexity index is 555. The molecule has 6 heteroatoms. The lowest BCUT2D eigenvalue weighted by atomic mass is 10.1. The monoisotopic (exact) mass is 289 g/mol. The molecule has 0 atom stereocenters. The van der Waals surface area contributed by atoms with Crippen LogP contribution in [-0.2, 0) is 11.2 Å². The minimum absolute atomic E-state index is 0.0623. The predicted octanol–water partition coefficient (Wildman–Crippen LogP) is 1.86. The van der Waals surface area contributed by atoms with Gasteiger partial charge in [-0.3, -0.25) is 14.6 Å². The van der Waals surface area contributed by atoms with Gasteiger partial charge in [0.2, 0.25) is 5.91 Å². The summed E-state index contributed by atoms with van der Waals surface area (Å²) >= 11 is 1.54. The van der Waals surface area contributed by atoms with Crippen molar-refractivity contribution in [2.75, 3.05) is 6.54 Å². The summed E-state index contributed by atoms with van der Waals surface area (Å²) in [5.74, 6) is -0.176. The van der Waals surface area contributed by atoms with Crippen molar-refractivity contribution < 1.29 is 9.59 Å². The van der Waals surface area contributed by atoms with Crippen LogP contribution in [0.3, 0.4) is 0 Å². The third-order valence-corrected chi connectivity index (χ3v) is 3.38. The molecule has 0 aliphatic rings. The van der Waals surface area contributed by atoms with Crippen molar-refractivity contribution >= 4 is 23.0 Å². The van der Waals surface area contributed by atoms with E-state index < -0.39 is 0 Å². The molecule has 0 aliphatic carbocycles. The van der Waals surface area contributed by atoms with Crippen LogP contribution in [0.2, 0.25) is 0 Å². The Morgan fingerprint density at radius 1 is 1.30 bits per heavy atom. The summed E-state index contributed by atoms with van der Waals surface area (Å²) in [6.07, 6.45) is 4.25. The third-order valence-electron chi connectivity index (χ3n) is 2.75. The van der Waals surface area contributed by atoms with E-state index in [1.54, 1.807) is 23.8 Å². The highest BCUT2D eigenvalue weighted by Gasteiger charge is 2.09. The molecule has 5 nitrogen and oxygen atoms in total. The number of thiazole rings is 1. The minimum Gasteiger partial charge on any atom is -0.356 e. The second kappa shape index (κ2) is 7.49. The molecule has 104 valence electrons. The van der Waals surface area contributed by atoms with Crippen molar-refractivity contribution in [2.45, 2.75) is 19.3 Å². The van der Waals surface area contributed by atoms with E-state index in [1.165, 1.54) is 17.5 Å². The number of Topliss-reactive ketones (excluding diaryl/α,β-unsaturated/α-hetero) is 1. The number of carbonyl (C=O) groups excluding carboxylic acids is 2. The molecule has 2 aromatic rings. The number of hydrogen-bond acceptors (Lipinski definition) is 5. The topological polar surface area (TPSA) is 72.0 Å². The van der Waals surface area contributed by atoms with Gasteiger partial charge in [-0.25, -0.2) is 4.98 Å². The largest absolute Gasteiger partial charge is 0.356 e. The highest BCUT2D eigenvalue weighted by Crippen LogP contribution is 2.04. The highest BCUT2D eigenvalue weighted by molar-refractivity contribution is 7.07. The number of carbonyl (C=O) groups is 2. The van der Waals surface area contributed by atoms with Gasteiger partial charge in [0, 0.05) is 49.1 Å². The van der Waals surface area contributed by atoms with E-state index in [-0.39, 0.29) is 24.5 Å². The van der Waals surface area contributed by atoms with Gasteiger partial charge in [-0.1, -0.05) is 0 Å². The molecule has 0 radical (unpaired) electrons. The normalized spacial score (nSPS) is 10.2. The molecule has 0 aromatic carbocycles. The van der Waals surface area contributed by atoms with Crippen LogP contribution in [0.1, 0.15) is 28.9 Å². The first-order chi connectivity index (χ1) is 9.75. The van der Waals surface area contributed by atoms with Crippen LogP contribution in [0.15, 0.2) is 35.4 Å². The van der Waals surface area contributed by atoms with Crippen molar-refractivity contribution in [3.05, 3.63) is 46.7 Å². The number of rotatable bonds is 7. The van der Waals surface area contributed by atoms with Crippen molar-refractivity contribution in [1.29, 1.82) is 0 Å². The molecule has 0 fully saturated rings. The van der Waals surface area contributed by atoms with Crippen molar-refractivity contribution in [3.8, 4) is 0 Å². The first-order valence-corrected chi connectivity index (χ1v) is 7.27. The zero-order valence-electron chi connectivity index (χ0n) is 10.9. The molecular weight excluding hydrogens is 274 g/mol. The van der Waals surface area contributed by atoms with E-state index in [9.17, 15) is 9.59 Å². The molecular formula is C14H15N3O2S. The zero-order chi connectivity index (χ0) is 14.2. The van der Waals surface area contributed by atoms with Gasteiger partial charge < -0.3 is 5.32 Å². The van der Waals surface area contributed by atoms with Gasteiger partial charge in [-0.2, -0.15) is 0 Å². The summed E-state index contributed by atoms with van der Waals surface area (Å²) in [5.41, 5.74) is 3.29. The first-order valence-electron chi connectivity index (χ1n) is 6.32. The van der Waals surface area contributed by atoms with Crippen LogP contribution in [0, 0.1) is 0 Å². The average molecular weight is 289 g/mol. The van der Waals surface area contributed by atoms with Gasteiger partial charge in [0.15, 0.2) is 5.78 Å². The standard InChI is InChI=1S/C14H15N3O2S/c18-13(11-2-1-6-15-8-11)3-4-14(19)16-7-5-12-9-20-10-17-12/h1-2,6,8-10H,3-5,7H2,(H,16,19). The molecule has 20 heavy (non-hydrogen) atoms. The molecule has 2 heterocycles. The van der Waals surface area contributed by atoms with Crippen LogP contribution in [0.4, 0.5) is 0 Å². The first kappa shape index (κ1) is 14.3. The van der Waals surface area contributed by atoms with Gasteiger partial charge in [-0.05, 0) is 12.1 Å². The minimum atomic E-state index is -0.113. The van der Waals surface area contributed by atoms with Crippen molar-refractivity contribution in [3.63, 3.8) is 0 Å². The molecule has 0 saturated heterocycles. The number of amides is 1. The van der Waals surface area contributed by atoms with Gasteiger partial charge in [-0.15, -0.1) is 11.3 Å². The molecule has 1 N–H and O–H groups in total. The maximum atomic E-state index is 11.8. The lowest BCUT2D eigenvalue weighted by Crippen LogP contribution is -2.26.